The third kappa shape index (κ3) is 4.56. The van der Waals surface area contributed by atoms with Crippen molar-refractivity contribution in [1.82, 2.24) is 5.01 Å². The molecule has 0 aliphatic carbocycles. The summed E-state index contributed by atoms with van der Waals surface area (Å²) in [5.74, 6) is 0. The Kier molecular flexibility index (Phi) is 5.41. The fraction of sp³-hybridized carbons (Fsp3) is 0.136. The van der Waals surface area contributed by atoms with Crippen LogP contribution >= 0.6 is 0 Å². The summed E-state index contributed by atoms with van der Waals surface area (Å²) in [7, 11) is 0. The van der Waals surface area contributed by atoms with Crippen molar-refractivity contribution in [3.8, 4) is 0 Å². The van der Waals surface area contributed by atoms with Crippen LogP contribution in [0.2, 0.25) is 0 Å². The average molecular weight is 314 g/mol. The molecule has 0 saturated carbocycles. The zero-order valence-corrected chi connectivity index (χ0v) is 14.0. The fourth-order valence-electron chi connectivity index (χ4n) is 2.66. The molecule has 3 rings (SSSR count). The summed E-state index contributed by atoms with van der Waals surface area (Å²) in [5.41, 5.74) is 4.71. The molecule has 0 bridgehead atoms. The van der Waals surface area contributed by atoms with E-state index in [1.54, 1.807) is 0 Å². The molecule has 2 heteroatoms. The van der Waals surface area contributed by atoms with E-state index >= 15 is 0 Å². The van der Waals surface area contributed by atoms with Gasteiger partial charge >= 0.3 is 0 Å². The normalized spacial score (nSPS) is 11.3. The van der Waals surface area contributed by atoms with E-state index in [9.17, 15) is 0 Å². The SMILES string of the molecule is CC(=NN(Cc1ccccc1)Cc1ccccc1)c1ccccc1. The molecule has 0 N–H and O–H groups in total. The lowest BCUT2D eigenvalue weighted by Crippen LogP contribution is -2.18. The predicted molar refractivity (Wildman–Crippen MR) is 101 cm³/mol. The van der Waals surface area contributed by atoms with Crippen molar-refractivity contribution < 1.29 is 0 Å². The minimum absolute atomic E-state index is 0.792. The summed E-state index contributed by atoms with van der Waals surface area (Å²) in [6, 6.07) is 31.3. The topological polar surface area (TPSA) is 15.6 Å². The van der Waals surface area contributed by atoms with Gasteiger partial charge < -0.3 is 0 Å². The predicted octanol–water partition coefficient (Wildman–Crippen LogP) is 5.11. The molecule has 0 fully saturated rings. The quantitative estimate of drug-likeness (QED) is 0.456. The third-order valence-electron chi connectivity index (χ3n) is 3.90. The lowest BCUT2D eigenvalue weighted by atomic mass is 10.1. The van der Waals surface area contributed by atoms with Crippen molar-refractivity contribution >= 4 is 5.71 Å². The summed E-state index contributed by atoms with van der Waals surface area (Å²) in [6.45, 7) is 3.65. The van der Waals surface area contributed by atoms with Gasteiger partial charge in [0.05, 0.1) is 18.8 Å². The second-order valence-electron chi connectivity index (χ2n) is 5.85. The molecule has 24 heavy (non-hydrogen) atoms. The largest absolute Gasteiger partial charge is 0.288 e. The van der Waals surface area contributed by atoms with Gasteiger partial charge in [-0.15, -0.1) is 0 Å². The van der Waals surface area contributed by atoms with Crippen LogP contribution in [0.15, 0.2) is 96.1 Å². The number of hydrazone groups is 1. The van der Waals surface area contributed by atoms with Crippen molar-refractivity contribution in [2.24, 2.45) is 5.10 Å². The fourth-order valence-corrected chi connectivity index (χ4v) is 2.66. The number of hydrogen-bond donors (Lipinski definition) is 0. The van der Waals surface area contributed by atoms with Crippen molar-refractivity contribution in [3.05, 3.63) is 108 Å². The van der Waals surface area contributed by atoms with E-state index in [0.29, 0.717) is 0 Å². The Bertz CT molecular complexity index is 723. The molecule has 0 spiro atoms. The zero-order valence-electron chi connectivity index (χ0n) is 14.0. The van der Waals surface area contributed by atoms with Gasteiger partial charge in [-0.3, -0.25) is 5.01 Å². The van der Waals surface area contributed by atoms with Gasteiger partial charge in [0.25, 0.3) is 0 Å². The second-order valence-corrected chi connectivity index (χ2v) is 5.85. The van der Waals surface area contributed by atoms with E-state index in [4.69, 9.17) is 5.10 Å². The number of hydrogen-bond acceptors (Lipinski definition) is 2. The Morgan fingerprint density at radius 1 is 0.667 bits per heavy atom. The molecule has 0 unspecified atom stereocenters. The molecule has 120 valence electrons. The summed E-state index contributed by atoms with van der Waals surface area (Å²) in [5, 5.41) is 7.02. The first-order valence-corrected chi connectivity index (χ1v) is 8.25. The Balaban J connectivity index is 1.83. The van der Waals surface area contributed by atoms with Gasteiger partial charge in [-0.05, 0) is 23.6 Å². The van der Waals surface area contributed by atoms with Gasteiger partial charge in [0.2, 0.25) is 0 Å². The summed E-state index contributed by atoms with van der Waals surface area (Å²) in [4.78, 5) is 0. The zero-order chi connectivity index (χ0) is 16.6. The molecular weight excluding hydrogens is 292 g/mol. The van der Waals surface area contributed by atoms with Gasteiger partial charge in [-0.25, -0.2) is 0 Å². The van der Waals surface area contributed by atoms with E-state index in [1.165, 1.54) is 11.1 Å². The number of benzene rings is 3. The lowest BCUT2D eigenvalue weighted by Gasteiger charge is -2.21. The van der Waals surface area contributed by atoms with E-state index in [0.717, 1.165) is 24.4 Å². The Labute approximate surface area is 144 Å². The van der Waals surface area contributed by atoms with Gasteiger partial charge in [-0.2, -0.15) is 5.10 Å². The van der Waals surface area contributed by atoms with E-state index < -0.39 is 0 Å². The van der Waals surface area contributed by atoms with Gasteiger partial charge in [0.1, 0.15) is 0 Å². The van der Waals surface area contributed by atoms with Crippen LogP contribution in [0.25, 0.3) is 0 Å². The molecule has 0 amide bonds. The maximum Gasteiger partial charge on any atom is 0.0646 e. The van der Waals surface area contributed by atoms with Crippen molar-refractivity contribution in [2.45, 2.75) is 20.0 Å². The molecule has 3 aromatic carbocycles. The van der Waals surface area contributed by atoms with Crippen LogP contribution in [-0.2, 0) is 13.1 Å². The molecule has 0 aliphatic rings. The standard InChI is InChI=1S/C22H22N2/c1-19(22-15-9-4-10-16-22)23-24(17-20-11-5-2-6-12-20)18-21-13-7-3-8-14-21/h2-16H,17-18H2,1H3. The molecule has 0 radical (unpaired) electrons. The van der Waals surface area contributed by atoms with Crippen LogP contribution < -0.4 is 0 Å². The molecule has 0 saturated heterocycles. The molecule has 2 nitrogen and oxygen atoms in total. The first-order chi connectivity index (χ1) is 11.8. The Morgan fingerprint density at radius 3 is 1.54 bits per heavy atom. The number of nitrogens with zero attached hydrogens (tertiary/aromatic N) is 2. The van der Waals surface area contributed by atoms with Crippen LogP contribution in [-0.4, -0.2) is 10.7 Å². The summed E-state index contributed by atoms with van der Waals surface area (Å²) < 4.78 is 0. The molecule has 0 atom stereocenters. The molecule has 3 aromatic rings. The molecule has 0 aliphatic heterocycles. The van der Waals surface area contributed by atoms with E-state index in [-0.39, 0.29) is 0 Å². The summed E-state index contributed by atoms with van der Waals surface area (Å²) >= 11 is 0. The van der Waals surface area contributed by atoms with E-state index in [1.807, 2.05) is 30.3 Å². The van der Waals surface area contributed by atoms with Crippen LogP contribution in [0.4, 0.5) is 0 Å². The van der Waals surface area contributed by atoms with Crippen molar-refractivity contribution in [3.63, 3.8) is 0 Å². The lowest BCUT2D eigenvalue weighted by molar-refractivity contribution is 0.271. The van der Waals surface area contributed by atoms with Crippen LogP contribution in [0.1, 0.15) is 23.6 Å². The summed E-state index contributed by atoms with van der Waals surface area (Å²) in [6.07, 6.45) is 0. The van der Waals surface area contributed by atoms with Crippen LogP contribution in [0, 0.1) is 0 Å². The maximum atomic E-state index is 4.89. The highest BCUT2D eigenvalue weighted by atomic mass is 15.4. The van der Waals surface area contributed by atoms with Crippen molar-refractivity contribution in [2.75, 3.05) is 0 Å². The average Bonchev–Trinajstić information content (AvgIpc) is 2.64. The highest BCUT2D eigenvalue weighted by Crippen LogP contribution is 2.12. The highest BCUT2D eigenvalue weighted by Gasteiger charge is 2.06. The minimum Gasteiger partial charge on any atom is -0.288 e. The Hall–Kier alpha value is -2.87. The maximum absolute atomic E-state index is 4.89. The first kappa shape index (κ1) is 16.0. The number of rotatable bonds is 6. The van der Waals surface area contributed by atoms with Crippen molar-refractivity contribution in [1.29, 1.82) is 0 Å². The van der Waals surface area contributed by atoms with E-state index in [2.05, 4.69) is 72.6 Å². The monoisotopic (exact) mass is 314 g/mol. The minimum atomic E-state index is 0.792. The molecule has 0 heterocycles. The van der Waals surface area contributed by atoms with Crippen LogP contribution in [0.5, 0.6) is 0 Å². The molecular formula is C22H22N2. The second kappa shape index (κ2) is 8.11. The van der Waals surface area contributed by atoms with Gasteiger partial charge in [-0.1, -0.05) is 91.0 Å². The Morgan fingerprint density at radius 2 is 1.08 bits per heavy atom. The highest BCUT2D eigenvalue weighted by molar-refractivity contribution is 5.98. The van der Waals surface area contributed by atoms with Gasteiger partial charge in [0, 0.05) is 0 Å². The van der Waals surface area contributed by atoms with Gasteiger partial charge in [0.15, 0.2) is 0 Å². The third-order valence-corrected chi connectivity index (χ3v) is 3.90. The van der Waals surface area contributed by atoms with Crippen LogP contribution in [0.3, 0.4) is 0 Å². The first-order valence-electron chi connectivity index (χ1n) is 8.25. The smallest absolute Gasteiger partial charge is 0.0646 e. The molecule has 0 aromatic heterocycles.